The predicted molar refractivity (Wildman–Crippen MR) is 76.6 cm³/mol. The minimum atomic E-state index is -0.333. The molecule has 5 heteroatoms. The van der Waals surface area contributed by atoms with Gasteiger partial charge < -0.3 is 15.8 Å². The molecule has 2 rings (SSSR count). The largest absolute Gasteiger partial charge is 0.495 e. The number of hydrogen-bond donors (Lipinski definition) is 2. The number of rotatable bonds is 4. The van der Waals surface area contributed by atoms with Gasteiger partial charge in [0.15, 0.2) is 0 Å². The van der Waals surface area contributed by atoms with Crippen molar-refractivity contribution in [3.63, 3.8) is 0 Å². The molecule has 1 amide bonds. The van der Waals surface area contributed by atoms with E-state index in [0.717, 1.165) is 25.7 Å². The zero-order valence-corrected chi connectivity index (χ0v) is 11.8. The van der Waals surface area contributed by atoms with Crippen LogP contribution in [0.3, 0.4) is 0 Å². The Balaban J connectivity index is 1.98. The van der Waals surface area contributed by atoms with Crippen LogP contribution in [0, 0.1) is 0 Å². The molecule has 0 radical (unpaired) electrons. The molecule has 19 heavy (non-hydrogen) atoms. The molecule has 0 spiro atoms. The summed E-state index contributed by atoms with van der Waals surface area (Å²) in [6.45, 7) is 0. The van der Waals surface area contributed by atoms with Crippen LogP contribution in [-0.4, -0.2) is 18.6 Å². The summed E-state index contributed by atoms with van der Waals surface area (Å²) in [6.07, 6.45) is 4.42. The van der Waals surface area contributed by atoms with Crippen LogP contribution in [0.25, 0.3) is 0 Å². The molecule has 0 saturated heterocycles. The smallest absolute Gasteiger partial charge is 0.226 e. The topological polar surface area (TPSA) is 64.3 Å². The van der Waals surface area contributed by atoms with Crippen molar-refractivity contribution in [2.45, 2.75) is 37.6 Å². The van der Waals surface area contributed by atoms with Crippen LogP contribution in [0.5, 0.6) is 5.75 Å². The van der Waals surface area contributed by atoms with Gasteiger partial charge in [0.25, 0.3) is 0 Å². The van der Waals surface area contributed by atoms with Crippen LogP contribution in [0.2, 0.25) is 5.02 Å². The maximum Gasteiger partial charge on any atom is 0.226 e. The second kappa shape index (κ2) is 5.80. The predicted octanol–water partition coefficient (Wildman–Crippen LogP) is 2.95. The van der Waals surface area contributed by atoms with Crippen molar-refractivity contribution in [2.75, 3.05) is 12.4 Å². The Labute approximate surface area is 118 Å². The summed E-state index contributed by atoms with van der Waals surface area (Å²) >= 11 is 5.93. The van der Waals surface area contributed by atoms with Crippen LogP contribution in [-0.2, 0) is 4.79 Å². The summed E-state index contributed by atoms with van der Waals surface area (Å²) in [4.78, 5) is 12.0. The third-order valence-electron chi connectivity index (χ3n) is 3.55. The van der Waals surface area contributed by atoms with Gasteiger partial charge in [0.2, 0.25) is 5.91 Å². The first-order valence-electron chi connectivity index (χ1n) is 6.45. The molecule has 1 aromatic carbocycles. The Morgan fingerprint density at radius 1 is 1.47 bits per heavy atom. The van der Waals surface area contributed by atoms with Crippen molar-refractivity contribution < 1.29 is 9.53 Å². The van der Waals surface area contributed by atoms with Gasteiger partial charge in [-0.1, -0.05) is 24.4 Å². The number of ether oxygens (including phenoxy) is 1. The van der Waals surface area contributed by atoms with Crippen molar-refractivity contribution in [3.8, 4) is 5.75 Å². The molecule has 1 fully saturated rings. The minimum Gasteiger partial charge on any atom is -0.495 e. The van der Waals surface area contributed by atoms with Gasteiger partial charge in [0.1, 0.15) is 5.75 Å². The lowest BCUT2D eigenvalue weighted by Gasteiger charge is -2.22. The minimum absolute atomic E-state index is 0.0613. The van der Waals surface area contributed by atoms with Gasteiger partial charge >= 0.3 is 0 Å². The number of methoxy groups -OCH3 is 1. The average Bonchev–Trinajstić information content (AvgIpc) is 2.78. The molecule has 104 valence electrons. The van der Waals surface area contributed by atoms with Crippen LogP contribution >= 0.6 is 11.6 Å². The van der Waals surface area contributed by atoms with Crippen LogP contribution in [0.1, 0.15) is 32.1 Å². The second-order valence-corrected chi connectivity index (χ2v) is 5.55. The number of hydrogen-bond acceptors (Lipinski definition) is 3. The maximum absolute atomic E-state index is 12.0. The van der Waals surface area contributed by atoms with E-state index < -0.39 is 0 Å². The van der Waals surface area contributed by atoms with Gasteiger partial charge in [-0.2, -0.15) is 0 Å². The summed E-state index contributed by atoms with van der Waals surface area (Å²) in [7, 11) is 1.54. The van der Waals surface area contributed by atoms with Crippen LogP contribution < -0.4 is 15.8 Å². The first-order valence-corrected chi connectivity index (χ1v) is 6.82. The van der Waals surface area contributed by atoms with Gasteiger partial charge in [-0.05, 0) is 25.0 Å². The summed E-state index contributed by atoms with van der Waals surface area (Å²) < 4.78 is 5.11. The molecule has 1 aromatic rings. The van der Waals surface area contributed by atoms with E-state index in [1.165, 1.54) is 0 Å². The Hall–Kier alpha value is -1.26. The molecule has 0 bridgehead atoms. The number of anilines is 1. The lowest BCUT2D eigenvalue weighted by Crippen LogP contribution is -2.40. The van der Waals surface area contributed by atoms with Gasteiger partial charge in [-0.15, -0.1) is 0 Å². The average molecular weight is 283 g/mol. The normalized spacial score (nSPS) is 17.2. The second-order valence-electron chi connectivity index (χ2n) is 5.14. The van der Waals surface area contributed by atoms with E-state index in [-0.39, 0.29) is 11.4 Å². The molecule has 0 heterocycles. The van der Waals surface area contributed by atoms with Gasteiger partial charge in [-0.25, -0.2) is 0 Å². The molecule has 0 aliphatic heterocycles. The number of amides is 1. The molecule has 3 N–H and O–H groups in total. The van der Waals surface area contributed by atoms with E-state index in [1.54, 1.807) is 25.3 Å². The first-order chi connectivity index (χ1) is 9.02. The van der Waals surface area contributed by atoms with Crippen molar-refractivity contribution >= 4 is 23.2 Å². The monoisotopic (exact) mass is 282 g/mol. The molecule has 0 atom stereocenters. The Morgan fingerprint density at radius 3 is 2.79 bits per heavy atom. The third-order valence-corrected chi connectivity index (χ3v) is 3.86. The number of carbonyl (C=O) groups excluding carboxylic acids is 1. The standard InChI is InChI=1S/C14H19ClN2O2/c1-19-12-8-10(4-5-11(12)15)17-13(18)9-14(16)6-2-3-7-14/h4-5,8H,2-3,6-7,9,16H2,1H3,(H,17,18). The summed E-state index contributed by atoms with van der Waals surface area (Å²) in [6, 6.07) is 5.16. The zero-order chi connectivity index (χ0) is 13.9. The number of nitrogens with one attached hydrogen (secondary N) is 1. The van der Waals surface area contributed by atoms with Crippen molar-refractivity contribution in [3.05, 3.63) is 23.2 Å². The zero-order valence-electron chi connectivity index (χ0n) is 11.0. The van der Waals surface area contributed by atoms with E-state index in [4.69, 9.17) is 22.1 Å². The molecule has 0 aromatic heterocycles. The Morgan fingerprint density at radius 2 is 2.16 bits per heavy atom. The fourth-order valence-electron chi connectivity index (χ4n) is 2.52. The molecular formula is C14H19ClN2O2. The van der Waals surface area contributed by atoms with E-state index in [9.17, 15) is 4.79 Å². The van der Waals surface area contributed by atoms with Crippen molar-refractivity contribution in [1.29, 1.82) is 0 Å². The van der Waals surface area contributed by atoms with Gasteiger partial charge in [-0.3, -0.25) is 4.79 Å². The highest BCUT2D eigenvalue weighted by molar-refractivity contribution is 6.32. The van der Waals surface area contributed by atoms with Crippen molar-refractivity contribution in [1.82, 2.24) is 0 Å². The molecule has 4 nitrogen and oxygen atoms in total. The van der Waals surface area contributed by atoms with Crippen LogP contribution in [0.15, 0.2) is 18.2 Å². The SMILES string of the molecule is COc1cc(NC(=O)CC2(N)CCCC2)ccc1Cl. The molecular weight excluding hydrogens is 264 g/mol. The van der Waals surface area contributed by atoms with E-state index in [0.29, 0.717) is 22.9 Å². The first kappa shape index (κ1) is 14.2. The number of halogens is 1. The highest BCUT2D eigenvalue weighted by Crippen LogP contribution is 2.31. The quantitative estimate of drug-likeness (QED) is 0.892. The lowest BCUT2D eigenvalue weighted by atomic mass is 9.94. The number of nitrogens with two attached hydrogens (primary N) is 1. The van der Waals surface area contributed by atoms with Gasteiger partial charge in [0.05, 0.1) is 12.1 Å². The molecule has 1 aliphatic carbocycles. The Kier molecular flexibility index (Phi) is 4.32. The fourth-order valence-corrected chi connectivity index (χ4v) is 2.71. The van der Waals surface area contributed by atoms with E-state index >= 15 is 0 Å². The van der Waals surface area contributed by atoms with E-state index in [2.05, 4.69) is 5.32 Å². The lowest BCUT2D eigenvalue weighted by molar-refractivity contribution is -0.117. The molecule has 1 saturated carbocycles. The molecule has 1 aliphatic rings. The summed E-state index contributed by atoms with van der Waals surface area (Å²) in [5, 5.41) is 3.36. The summed E-state index contributed by atoms with van der Waals surface area (Å²) in [5.41, 5.74) is 6.53. The summed E-state index contributed by atoms with van der Waals surface area (Å²) in [5.74, 6) is 0.483. The van der Waals surface area contributed by atoms with Crippen molar-refractivity contribution in [2.24, 2.45) is 5.73 Å². The maximum atomic E-state index is 12.0. The highest BCUT2D eigenvalue weighted by Gasteiger charge is 2.31. The van der Waals surface area contributed by atoms with Gasteiger partial charge in [0, 0.05) is 23.7 Å². The Bertz CT molecular complexity index is 471. The fraction of sp³-hybridized carbons (Fsp3) is 0.500. The molecule has 0 unspecified atom stereocenters. The number of carbonyl (C=O) groups is 1. The van der Waals surface area contributed by atoms with Crippen LogP contribution in [0.4, 0.5) is 5.69 Å². The number of benzene rings is 1. The third kappa shape index (κ3) is 3.61. The van der Waals surface area contributed by atoms with E-state index in [1.807, 2.05) is 0 Å². The highest BCUT2D eigenvalue weighted by atomic mass is 35.5.